The third-order valence-corrected chi connectivity index (χ3v) is 2.76. The molecule has 19 heavy (non-hydrogen) atoms. The minimum absolute atomic E-state index is 0.177. The van der Waals surface area contributed by atoms with E-state index in [0.29, 0.717) is 23.7 Å². The average molecular weight is 265 g/mol. The molecule has 1 aromatic carbocycles. The minimum Gasteiger partial charge on any atom is -0.494 e. The standard InChI is InChI=1S/C13H16FN3O2/c1-3-4-11-16-13(17-19-11)12(15)8-5-6-10(18-2)9(14)7-8/h5-7,12H,3-4,15H2,1-2H3. The molecule has 1 unspecified atom stereocenters. The van der Waals surface area contributed by atoms with Crippen molar-refractivity contribution in [2.75, 3.05) is 7.11 Å². The summed E-state index contributed by atoms with van der Waals surface area (Å²) in [6.07, 6.45) is 1.62. The molecule has 2 N–H and O–H groups in total. The van der Waals surface area contributed by atoms with Crippen LogP contribution < -0.4 is 10.5 Å². The predicted molar refractivity (Wildman–Crippen MR) is 67.3 cm³/mol. The molecule has 1 atom stereocenters. The van der Waals surface area contributed by atoms with Gasteiger partial charge in [0.15, 0.2) is 17.4 Å². The van der Waals surface area contributed by atoms with Gasteiger partial charge in [0.05, 0.1) is 13.2 Å². The molecule has 0 aliphatic rings. The summed E-state index contributed by atoms with van der Waals surface area (Å²) in [6, 6.07) is 3.91. The van der Waals surface area contributed by atoms with Crippen molar-refractivity contribution in [1.29, 1.82) is 0 Å². The molecule has 2 aromatic rings. The fraction of sp³-hybridized carbons (Fsp3) is 0.385. The highest BCUT2D eigenvalue weighted by atomic mass is 19.1. The highest BCUT2D eigenvalue weighted by Gasteiger charge is 2.17. The lowest BCUT2D eigenvalue weighted by atomic mass is 10.1. The van der Waals surface area contributed by atoms with Crippen molar-refractivity contribution in [3.8, 4) is 5.75 Å². The summed E-state index contributed by atoms with van der Waals surface area (Å²) in [5, 5.41) is 3.82. The van der Waals surface area contributed by atoms with E-state index in [-0.39, 0.29) is 5.75 Å². The van der Waals surface area contributed by atoms with Gasteiger partial charge in [-0.15, -0.1) is 0 Å². The highest BCUT2D eigenvalue weighted by Crippen LogP contribution is 2.23. The van der Waals surface area contributed by atoms with E-state index in [1.807, 2.05) is 6.92 Å². The van der Waals surface area contributed by atoms with Crippen LogP contribution in [0.2, 0.25) is 0 Å². The second-order valence-electron chi connectivity index (χ2n) is 4.17. The number of benzene rings is 1. The number of halogens is 1. The van der Waals surface area contributed by atoms with Gasteiger partial charge in [0, 0.05) is 6.42 Å². The number of rotatable bonds is 5. The molecular weight excluding hydrogens is 249 g/mol. The number of aryl methyl sites for hydroxylation is 1. The summed E-state index contributed by atoms with van der Waals surface area (Å²) in [5.74, 6) is 0.610. The van der Waals surface area contributed by atoms with Crippen molar-refractivity contribution in [1.82, 2.24) is 10.1 Å². The van der Waals surface area contributed by atoms with Gasteiger partial charge in [0.2, 0.25) is 5.89 Å². The van der Waals surface area contributed by atoms with Crippen LogP contribution in [0.5, 0.6) is 5.75 Å². The Labute approximate surface area is 110 Å². The molecule has 1 heterocycles. The predicted octanol–water partition coefficient (Wildman–Crippen LogP) is 2.22. The van der Waals surface area contributed by atoms with E-state index in [2.05, 4.69) is 10.1 Å². The van der Waals surface area contributed by atoms with E-state index >= 15 is 0 Å². The summed E-state index contributed by atoms with van der Waals surface area (Å²) in [7, 11) is 1.41. The number of nitrogens with zero attached hydrogens (tertiary/aromatic N) is 2. The van der Waals surface area contributed by atoms with Gasteiger partial charge < -0.3 is 15.0 Å². The van der Waals surface area contributed by atoms with Crippen LogP contribution in [0, 0.1) is 5.82 Å². The lowest BCUT2D eigenvalue weighted by molar-refractivity contribution is 0.370. The van der Waals surface area contributed by atoms with Crippen LogP contribution in [0.15, 0.2) is 22.7 Å². The maximum Gasteiger partial charge on any atom is 0.226 e. The van der Waals surface area contributed by atoms with E-state index in [4.69, 9.17) is 15.0 Å². The monoisotopic (exact) mass is 265 g/mol. The van der Waals surface area contributed by atoms with Crippen molar-refractivity contribution in [2.45, 2.75) is 25.8 Å². The fourth-order valence-electron chi connectivity index (χ4n) is 1.73. The molecule has 0 saturated heterocycles. The minimum atomic E-state index is -0.616. The maximum absolute atomic E-state index is 13.6. The first-order valence-corrected chi connectivity index (χ1v) is 6.07. The first-order chi connectivity index (χ1) is 9.15. The van der Waals surface area contributed by atoms with Gasteiger partial charge in [0.1, 0.15) is 0 Å². The third-order valence-electron chi connectivity index (χ3n) is 2.76. The molecular formula is C13H16FN3O2. The molecule has 0 fully saturated rings. The Kier molecular flexibility index (Phi) is 4.11. The van der Waals surface area contributed by atoms with Crippen LogP contribution in [0.25, 0.3) is 0 Å². The first-order valence-electron chi connectivity index (χ1n) is 6.07. The summed E-state index contributed by atoms with van der Waals surface area (Å²) >= 11 is 0. The van der Waals surface area contributed by atoms with Gasteiger partial charge in [-0.25, -0.2) is 4.39 Å². The Morgan fingerprint density at radius 1 is 1.47 bits per heavy atom. The number of ether oxygens (including phenoxy) is 1. The van der Waals surface area contributed by atoms with Crippen LogP contribution in [-0.4, -0.2) is 17.3 Å². The third kappa shape index (κ3) is 2.90. The van der Waals surface area contributed by atoms with Gasteiger partial charge in [-0.05, 0) is 24.1 Å². The number of methoxy groups -OCH3 is 1. The Morgan fingerprint density at radius 3 is 2.89 bits per heavy atom. The highest BCUT2D eigenvalue weighted by molar-refractivity contribution is 5.33. The molecule has 0 aliphatic carbocycles. The summed E-state index contributed by atoms with van der Waals surface area (Å²) in [4.78, 5) is 4.19. The van der Waals surface area contributed by atoms with E-state index in [1.54, 1.807) is 6.07 Å². The summed E-state index contributed by atoms with van der Waals surface area (Å²) in [6.45, 7) is 2.02. The second-order valence-corrected chi connectivity index (χ2v) is 4.17. The summed E-state index contributed by atoms with van der Waals surface area (Å²) in [5.41, 5.74) is 6.57. The van der Waals surface area contributed by atoms with Gasteiger partial charge in [-0.2, -0.15) is 4.98 Å². The van der Waals surface area contributed by atoms with Crippen molar-refractivity contribution in [3.05, 3.63) is 41.3 Å². The van der Waals surface area contributed by atoms with Gasteiger partial charge in [-0.3, -0.25) is 0 Å². The zero-order chi connectivity index (χ0) is 13.8. The molecule has 0 radical (unpaired) electrons. The van der Waals surface area contributed by atoms with Gasteiger partial charge in [-0.1, -0.05) is 18.1 Å². The van der Waals surface area contributed by atoms with Gasteiger partial charge in [0.25, 0.3) is 0 Å². The quantitative estimate of drug-likeness (QED) is 0.897. The van der Waals surface area contributed by atoms with Crippen LogP contribution in [0.4, 0.5) is 4.39 Å². The second kappa shape index (κ2) is 5.79. The van der Waals surface area contributed by atoms with Crippen LogP contribution in [-0.2, 0) is 6.42 Å². The molecule has 0 spiro atoms. The molecule has 102 valence electrons. The van der Waals surface area contributed by atoms with Gasteiger partial charge >= 0.3 is 0 Å². The average Bonchev–Trinajstić information content (AvgIpc) is 2.87. The number of aromatic nitrogens is 2. The lowest BCUT2D eigenvalue weighted by Crippen LogP contribution is -2.14. The van der Waals surface area contributed by atoms with E-state index in [1.165, 1.54) is 19.2 Å². The Bertz CT molecular complexity index is 557. The van der Waals surface area contributed by atoms with Crippen molar-refractivity contribution in [3.63, 3.8) is 0 Å². The Hall–Kier alpha value is -1.95. The number of hydrogen-bond acceptors (Lipinski definition) is 5. The molecule has 0 bridgehead atoms. The maximum atomic E-state index is 13.6. The van der Waals surface area contributed by atoms with Crippen LogP contribution in [0.3, 0.4) is 0 Å². The smallest absolute Gasteiger partial charge is 0.226 e. The van der Waals surface area contributed by atoms with E-state index < -0.39 is 11.9 Å². The molecule has 0 aliphatic heterocycles. The molecule has 2 rings (SSSR count). The topological polar surface area (TPSA) is 74.2 Å². The normalized spacial score (nSPS) is 12.4. The molecule has 5 nitrogen and oxygen atoms in total. The van der Waals surface area contributed by atoms with E-state index in [9.17, 15) is 4.39 Å². The number of hydrogen-bond donors (Lipinski definition) is 1. The molecule has 1 aromatic heterocycles. The fourth-order valence-corrected chi connectivity index (χ4v) is 1.73. The zero-order valence-electron chi connectivity index (χ0n) is 10.9. The number of nitrogens with two attached hydrogens (primary N) is 1. The molecule has 0 amide bonds. The van der Waals surface area contributed by atoms with Crippen LogP contribution in [0.1, 0.15) is 36.7 Å². The lowest BCUT2D eigenvalue weighted by Gasteiger charge is -2.09. The Morgan fingerprint density at radius 2 is 2.26 bits per heavy atom. The van der Waals surface area contributed by atoms with E-state index in [0.717, 1.165) is 6.42 Å². The van der Waals surface area contributed by atoms with Crippen molar-refractivity contribution in [2.24, 2.45) is 5.73 Å². The van der Waals surface area contributed by atoms with Crippen molar-refractivity contribution >= 4 is 0 Å². The first kappa shape index (κ1) is 13.5. The summed E-state index contributed by atoms with van der Waals surface area (Å²) < 4.78 is 23.5. The van der Waals surface area contributed by atoms with Crippen molar-refractivity contribution < 1.29 is 13.7 Å². The van der Waals surface area contributed by atoms with Crippen LogP contribution >= 0.6 is 0 Å². The Balaban J connectivity index is 2.22. The largest absolute Gasteiger partial charge is 0.494 e. The SMILES string of the molecule is CCCc1nc(C(N)c2ccc(OC)c(F)c2)no1. The molecule has 6 heteroatoms. The zero-order valence-corrected chi connectivity index (χ0v) is 10.9. The molecule has 0 saturated carbocycles.